The van der Waals surface area contributed by atoms with Crippen molar-refractivity contribution in [1.82, 2.24) is 0 Å². The van der Waals surface area contributed by atoms with Gasteiger partial charge in [0.25, 0.3) is 0 Å². The molecular formula is C12H22O11. The lowest BCUT2D eigenvalue weighted by Crippen LogP contribution is -2.62. The third-order valence-electron chi connectivity index (χ3n) is 4.07. The second-order valence-electron chi connectivity index (χ2n) is 5.56. The van der Waals surface area contributed by atoms with Gasteiger partial charge in [0.1, 0.15) is 49.3 Å². The van der Waals surface area contributed by atoms with Crippen molar-refractivity contribution in [3.8, 4) is 0 Å². The van der Waals surface area contributed by atoms with Gasteiger partial charge in [-0.1, -0.05) is 0 Å². The molecule has 2 saturated heterocycles. The Kier molecular flexibility index (Phi) is 5.92. The van der Waals surface area contributed by atoms with Crippen molar-refractivity contribution in [1.29, 1.82) is 0 Å². The molecule has 9 atom stereocenters. The zero-order valence-electron chi connectivity index (χ0n) is 12.0. The standard InChI is InChI=1S/C12H22O11/c13-1-4-6(16)8(18)9(19)11(21-4)23-12(3-15)10(20)7(17)5(2-14)22-12/h4-11,13-20H,1-3H2/t4-,5-,6-,7-,8+,9-,10+,11-,12+/m1/s1/i2+1,3+1,5+1,7+1,10+1,12+1. The van der Waals surface area contributed by atoms with E-state index in [0.29, 0.717) is 0 Å². The summed E-state index contributed by atoms with van der Waals surface area (Å²) in [5.74, 6) is -2.22. The van der Waals surface area contributed by atoms with Crippen LogP contribution >= 0.6 is 0 Å². The Balaban J connectivity index is 2.18. The minimum absolute atomic E-state index is 0.669. The monoisotopic (exact) mass is 348 g/mol. The van der Waals surface area contributed by atoms with Crippen LogP contribution in [0.25, 0.3) is 0 Å². The molecule has 8 N–H and O–H groups in total. The molecule has 0 aromatic heterocycles. The number of aliphatic hydroxyl groups is 8. The van der Waals surface area contributed by atoms with E-state index in [0.717, 1.165) is 0 Å². The van der Waals surface area contributed by atoms with Gasteiger partial charge >= 0.3 is 0 Å². The van der Waals surface area contributed by atoms with Crippen LogP contribution in [0.15, 0.2) is 0 Å². The number of ether oxygens (including phenoxy) is 3. The van der Waals surface area contributed by atoms with E-state index < -0.39 is 74.6 Å². The second kappa shape index (κ2) is 7.21. The topological polar surface area (TPSA) is 190 Å². The van der Waals surface area contributed by atoms with Gasteiger partial charge in [0.15, 0.2) is 6.29 Å². The van der Waals surface area contributed by atoms with Crippen molar-refractivity contribution in [3.05, 3.63) is 0 Å². The summed E-state index contributed by atoms with van der Waals surface area (Å²) in [5.41, 5.74) is 0. The molecule has 0 aliphatic carbocycles. The first-order valence-electron chi connectivity index (χ1n) is 7.05. The van der Waals surface area contributed by atoms with E-state index in [1.54, 1.807) is 0 Å². The van der Waals surface area contributed by atoms with E-state index in [1.807, 2.05) is 0 Å². The fourth-order valence-corrected chi connectivity index (χ4v) is 2.63. The van der Waals surface area contributed by atoms with Gasteiger partial charge < -0.3 is 55.1 Å². The molecule has 2 rings (SSSR count). The summed E-state index contributed by atoms with van der Waals surface area (Å²) in [7, 11) is 0. The number of hydrogen-bond acceptors (Lipinski definition) is 11. The number of aliphatic hydroxyl groups excluding tert-OH is 8. The molecule has 23 heavy (non-hydrogen) atoms. The zero-order chi connectivity index (χ0) is 17.4. The molecule has 11 nitrogen and oxygen atoms in total. The first-order chi connectivity index (χ1) is 10.8. The van der Waals surface area contributed by atoms with Crippen molar-refractivity contribution in [2.45, 2.75) is 54.8 Å². The molecule has 2 heterocycles. The van der Waals surface area contributed by atoms with E-state index >= 15 is 0 Å². The Morgan fingerprint density at radius 2 is 1.39 bits per heavy atom. The van der Waals surface area contributed by atoms with Crippen molar-refractivity contribution >= 4 is 0 Å². The van der Waals surface area contributed by atoms with Crippen LogP contribution in [0.4, 0.5) is 0 Å². The van der Waals surface area contributed by atoms with Gasteiger partial charge in [0.2, 0.25) is 5.79 Å². The summed E-state index contributed by atoms with van der Waals surface area (Å²) >= 11 is 0. The molecule has 2 fully saturated rings. The molecule has 0 radical (unpaired) electrons. The van der Waals surface area contributed by atoms with Gasteiger partial charge in [0, 0.05) is 0 Å². The molecule has 0 amide bonds. The van der Waals surface area contributed by atoms with E-state index in [-0.39, 0.29) is 0 Å². The average Bonchev–Trinajstić information content (AvgIpc) is 2.80. The molecule has 2 aliphatic heterocycles. The van der Waals surface area contributed by atoms with Crippen molar-refractivity contribution < 1.29 is 55.1 Å². The van der Waals surface area contributed by atoms with Crippen LogP contribution < -0.4 is 0 Å². The van der Waals surface area contributed by atoms with Crippen LogP contribution in [0.2, 0.25) is 0 Å². The Hall–Kier alpha value is -0.440. The van der Waals surface area contributed by atoms with E-state index in [9.17, 15) is 30.6 Å². The van der Waals surface area contributed by atoms with Crippen molar-refractivity contribution in [2.24, 2.45) is 0 Å². The van der Waals surface area contributed by atoms with Gasteiger partial charge in [-0.15, -0.1) is 0 Å². The molecular weight excluding hydrogens is 326 g/mol. The first-order valence-corrected chi connectivity index (χ1v) is 7.05. The number of rotatable bonds is 5. The lowest BCUT2D eigenvalue weighted by molar-refractivity contribution is -0.383. The highest BCUT2D eigenvalue weighted by molar-refractivity contribution is 4.98. The Bertz CT molecular complexity index is 393. The van der Waals surface area contributed by atoms with E-state index in [2.05, 4.69) is 0 Å². The van der Waals surface area contributed by atoms with Gasteiger partial charge in [-0.2, -0.15) is 0 Å². The highest BCUT2D eigenvalue weighted by atomic mass is 17.0. The predicted octanol–water partition coefficient (Wildman–Crippen LogP) is -5.40. The minimum Gasteiger partial charge on any atom is -0.394 e. The fourth-order valence-electron chi connectivity index (χ4n) is 2.63. The molecule has 0 aromatic rings. The normalized spacial score (nSPS) is 51.1. The largest absolute Gasteiger partial charge is 0.394 e. The highest BCUT2D eigenvalue weighted by Gasteiger charge is 2.58. The summed E-state index contributed by atoms with van der Waals surface area (Å²) in [5, 5.41) is 76.7. The maximum Gasteiger partial charge on any atom is 0.224 e. The van der Waals surface area contributed by atoms with Crippen LogP contribution in [0.3, 0.4) is 0 Å². The molecule has 0 saturated carbocycles. The molecule has 0 unspecified atom stereocenters. The quantitative estimate of drug-likeness (QED) is 0.221. The molecule has 0 spiro atoms. The first kappa shape index (κ1) is 18.9. The second-order valence-corrected chi connectivity index (χ2v) is 5.56. The Labute approximate surface area is 130 Å². The third kappa shape index (κ3) is 3.23. The lowest BCUT2D eigenvalue weighted by atomic mass is 9.99. The molecule has 0 aromatic carbocycles. The summed E-state index contributed by atoms with van der Waals surface area (Å²) in [6.45, 7) is -2.32. The smallest absolute Gasteiger partial charge is 0.224 e. The summed E-state index contributed by atoms with van der Waals surface area (Å²) in [4.78, 5) is 0. The molecule has 11 heteroatoms. The third-order valence-corrected chi connectivity index (χ3v) is 4.07. The van der Waals surface area contributed by atoms with Crippen LogP contribution in [0.5, 0.6) is 0 Å². The summed E-state index contributed by atoms with van der Waals surface area (Å²) in [6.07, 6.45) is -12.7. The predicted molar refractivity (Wildman–Crippen MR) is 68.6 cm³/mol. The highest BCUT2D eigenvalue weighted by Crippen LogP contribution is 2.35. The Morgan fingerprint density at radius 3 is 1.87 bits per heavy atom. The van der Waals surface area contributed by atoms with Gasteiger partial charge in [0.05, 0.1) is 13.2 Å². The van der Waals surface area contributed by atoms with Crippen molar-refractivity contribution in [2.75, 3.05) is 19.8 Å². The minimum atomic E-state index is -2.22. The molecule has 2 aliphatic rings. The lowest BCUT2D eigenvalue weighted by Gasteiger charge is -2.43. The van der Waals surface area contributed by atoms with Gasteiger partial charge in [-0.3, -0.25) is 0 Å². The number of hydrogen-bond donors (Lipinski definition) is 8. The molecule has 0 bridgehead atoms. The summed E-state index contributed by atoms with van der Waals surface area (Å²) < 4.78 is 15.4. The maximum absolute atomic E-state index is 10.00. The van der Waals surface area contributed by atoms with Gasteiger partial charge in [-0.25, -0.2) is 0 Å². The van der Waals surface area contributed by atoms with Crippen LogP contribution in [0.1, 0.15) is 0 Å². The van der Waals surface area contributed by atoms with E-state index in [4.69, 9.17) is 24.4 Å². The average molecular weight is 348 g/mol. The maximum atomic E-state index is 10.00. The SMILES string of the molecule is OC[C@H]1O[C@H](O[13C@]2([13CH2]O)O[13C@H]([13CH2]O)[13C@@H](O)[13C@@H]2O)[C@H](O)[C@@H](O)[C@@H]1O. The fraction of sp³-hybridized carbons (Fsp3) is 1.00. The zero-order valence-corrected chi connectivity index (χ0v) is 12.0. The van der Waals surface area contributed by atoms with E-state index in [1.165, 1.54) is 0 Å². The van der Waals surface area contributed by atoms with Crippen LogP contribution in [-0.2, 0) is 14.2 Å². The summed E-state index contributed by atoms with van der Waals surface area (Å²) in [6, 6.07) is 0. The van der Waals surface area contributed by atoms with Crippen LogP contribution in [-0.4, -0.2) is 115 Å². The molecule has 136 valence electrons. The van der Waals surface area contributed by atoms with Crippen molar-refractivity contribution in [3.63, 3.8) is 0 Å². The van der Waals surface area contributed by atoms with Gasteiger partial charge in [-0.05, 0) is 0 Å². The Morgan fingerprint density at radius 1 is 0.783 bits per heavy atom. The van der Waals surface area contributed by atoms with Crippen LogP contribution in [0, 0.1) is 0 Å².